The van der Waals surface area contributed by atoms with Crippen LogP contribution in [0.3, 0.4) is 0 Å². The molecule has 0 atom stereocenters. The van der Waals surface area contributed by atoms with E-state index in [1.807, 2.05) is 0 Å². The van der Waals surface area contributed by atoms with E-state index < -0.39 is 0 Å². The fourth-order valence-corrected chi connectivity index (χ4v) is 0.634. The average Bonchev–Trinajstić information content (AvgIpc) is 1.97. The predicted octanol–water partition coefficient (Wildman–Crippen LogP) is 3.51. The Morgan fingerprint density at radius 2 is 1.70 bits per heavy atom. The number of allylic oxidation sites excluding steroid dienone is 4. The molecule has 0 spiro atoms. The largest absolute Gasteiger partial charge is 0.0846 e. The Kier molecular flexibility index (Phi) is 8.04. The van der Waals surface area contributed by atoms with Crippen LogP contribution in [0.25, 0.3) is 0 Å². The van der Waals surface area contributed by atoms with Crippen molar-refractivity contribution in [3.8, 4) is 0 Å². The number of unbranched alkanes of at least 4 members (excludes halogenated alkanes) is 2. The Labute approximate surface area is 64.6 Å². The molecular formula is C10H17. The van der Waals surface area contributed by atoms with Gasteiger partial charge >= 0.3 is 0 Å². The van der Waals surface area contributed by atoms with Crippen molar-refractivity contribution in [3.05, 3.63) is 31.2 Å². The van der Waals surface area contributed by atoms with Crippen molar-refractivity contribution in [1.82, 2.24) is 0 Å². The van der Waals surface area contributed by atoms with Crippen molar-refractivity contribution in [2.45, 2.75) is 32.6 Å². The lowest BCUT2D eigenvalue weighted by Crippen LogP contribution is -1.61. The van der Waals surface area contributed by atoms with Crippen molar-refractivity contribution >= 4 is 0 Å². The van der Waals surface area contributed by atoms with E-state index in [1.54, 1.807) is 0 Å². The second kappa shape index (κ2) is 8.48. The van der Waals surface area contributed by atoms with E-state index in [-0.39, 0.29) is 0 Å². The van der Waals surface area contributed by atoms with Crippen molar-refractivity contribution < 1.29 is 0 Å². The van der Waals surface area contributed by atoms with Crippen molar-refractivity contribution in [1.29, 1.82) is 0 Å². The molecule has 0 aromatic rings. The minimum absolute atomic E-state index is 0.998. The second-order valence-electron chi connectivity index (χ2n) is 2.29. The molecule has 0 aliphatic heterocycles. The van der Waals surface area contributed by atoms with Gasteiger partial charge in [-0.25, -0.2) is 0 Å². The lowest BCUT2D eigenvalue weighted by molar-refractivity contribution is 0.958. The smallest absolute Gasteiger partial charge is 0.0348 e. The quantitative estimate of drug-likeness (QED) is 0.509. The summed E-state index contributed by atoms with van der Waals surface area (Å²) in [6.07, 6.45) is 13.1. The topological polar surface area (TPSA) is 0 Å². The van der Waals surface area contributed by atoms with Gasteiger partial charge in [0.15, 0.2) is 0 Å². The van der Waals surface area contributed by atoms with Crippen LogP contribution in [0, 0.1) is 6.92 Å². The van der Waals surface area contributed by atoms with Crippen LogP contribution in [0.5, 0.6) is 0 Å². The molecule has 0 aromatic carbocycles. The molecule has 0 bridgehead atoms. The molecule has 0 rings (SSSR count). The van der Waals surface area contributed by atoms with Gasteiger partial charge in [0.25, 0.3) is 0 Å². The third kappa shape index (κ3) is 7.48. The molecule has 0 fully saturated rings. The van der Waals surface area contributed by atoms with E-state index in [0.717, 1.165) is 12.8 Å². The Hall–Kier alpha value is -0.520. The van der Waals surface area contributed by atoms with Gasteiger partial charge in [-0.3, -0.25) is 0 Å². The van der Waals surface area contributed by atoms with Gasteiger partial charge in [0.1, 0.15) is 0 Å². The Bertz CT molecular complexity index is 84.6. The molecule has 0 unspecified atom stereocenters. The van der Waals surface area contributed by atoms with Crippen LogP contribution >= 0.6 is 0 Å². The maximum absolute atomic E-state index is 3.74. The molecule has 0 aliphatic rings. The van der Waals surface area contributed by atoms with Crippen molar-refractivity contribution in [3.63, 3.8) is 0 Å². The molecule has 57 valence electrons. The summed E-state index contributed by atoms with van der Waals surface area (Å²) < 4.78 is 0. The van der Waals surface area contributed by atoms with Gasteiger partial charge in [-0.2, -0.15) is 0 Å². The van der Waals surface area contributed by atoms with Crippen LogP contribution in [-0.4, -0.2) is 0 Å². The normalized spacial score (nSPS) is 11.8. The van der Waals surface area contributed by atoms with Gasteiger partial charge in [0.05, 0.1) is 0 Å². The fourth-order valence-electron chi connectivity index (χ4n) is 0.634. The molecular weight excluding hydrogens is 120 g/mol. The van der Waals surface area contributed by atoms with Crippen LogP contribution in [0.4, 0.5) is 0 Å². The van der Waals surface area contributed by atoms with Gasteiger partial charge in [0.2, 0.25) is 0 Å². The first-order valence-corrected chi connectivity index (χ1v) is 4.02. The molecule has 0 heteroatoms. The molecule has 0 saturated carbocycles. The molecule has 0 saturated heterocycles. The Balaban J connectivity index is 3.15. The number of rotatable bonds is 5. The van der Waals surface area contributed by atoms with Crippen molar-refractivity contribution in [2.75, 3.05) is 0 Å². The fraction of sp³-hybridized carbons (Fsp3) is 0.500. The van der Waals surface area contributed by atoms with E-state index >= 15 is 0 Å². The minimum atomic E-state index is 0.998. The first-order valence-electron chi connectivity index (χ1n) is 4.02. The molecule has 0 heterocycles. The molecule has 1 radical (unpaired) electrons. The van der Waals surface area contributed by atoms with Crippen LogP contribution < -0.4 is 0 Å². The van der Waals surface area contributed by atoms with Gasteiger partial charge in [0, 0.05) is 0 Å². The summed E-state index contributed by atoms with van der Waals surface area (Å²) >= 11 is 0. The SMILES string of the molecule is [CH2]CC/C=C/C=C/CCC. The van der Waals surface area contributed by atoms with Gasteiger partial charge in [-0.15, -0.1) is 0 Å². The summed E-state index contributed by atoms with van der Waals surface area (Å²) in [6, 6.07) is 0. The highest BCUT2D eigenvalue weighted by Crippen LogP contribution is 1.91. The van der Waals surface area contributed by atoms with Gasteiger partial charge < -0.3 is 0 Å². The summed E-state index contributed by atoms with van der Waals surface area (Å²) in [5.74, 6) is 0. The second-order valence-corrected chi connectivity index (χ2v) is 2.29. The van der Waals surface area contributed by atoms with Crippen LogP contribution in [0.1, 0.15) is 32.6 Å². The zero-order valence-corrected chi connectivity index (χ0v) is 6.84. The number of hydrogen-bond acceptors (Lipinski definition) is 0. The average molecular weight is 137 g/mol. The first-order chi connectivity index (χ1) is 4.91. The lowest BCUT2D eigenvalue weighted by Gasteiger charge is -1.81. The van der Waals surface area contributed by atoms with Crippen molar-refractivity contribution in [2.24, 2.45) is 0 Å². The maximum Gasteiger partial charge on any atom is -0.0348 e. The molecule has 0 nitrogen and oxygen atoms in total. The third-order valence-corrected chi connectivity index (χ3v) is 1.21. The third-order valence-electron chi connectivity index (χ3n) is 1.21. The monoisotopic (exact) mass is 137 g/mol. The highest BCUT2D eigenvalue weighted by atomic mass is 13.8. The van der Waals surface area contributed by atoms with Crippen LogP contribution in [0.2, 0.25) is 0 Å². The summed E-state index contributed by atoms with van der Waals surface area (Å²) in [5, 5.41) is 0. The number of hydrogen-bond donors (Lipinski definition) is 0. The van der Waals surface area contributed by atoms with Gasteiger partial charge in [-0.05, 0) is 19.3 Å². The van der Waals surface area contributed by atoms with E-state index in [1.165, 1.54) is 12.8 Å². The molecule has 0 aliphatic carbocycles. The van der Waals surface area contributed by atoms with Crippen LogP contribution in [-0.2, 0) is 0 Å². The molecule has 10 heavy (non-hydrogen) atoms. The standard InChI is InChI=1S/C10H17/c1-3-5-7-9-10-8-6-4-2/h7-10H,1,3-6H2,2H3/b9-7+,10-8+. The summed E-state index contributed by atoms with van der Waals surface area (Å²) in [5.41, 5.74) is 0. The zero-order valence-electron chi connectivity index (χ0n) is 6.84. The first kappa shape index (κ1) is 9.48. The van der Waals surface area contributed by atoms with E-state index in [0.29, 0.717) is 0 Å². The Morgan fingerprint density at radius 3 is 2.20 bits per heavy atom. The van der Waals surface area contributed by atoms with Crippen LogP contribution in [0.15, 0.2) is 24.3 Å². The van der Waals surface area contributed by atoms with Gasteiger partial charge in [-0.1, -0.05) is 44.6 Å². The van der Waals surface area contributed by atoms with E-state index in [4.69, 9.17) is 0 Å². The maximum atomic E-state index is 3.74. The highest BCUT2D eigenvalue weighted by molar-refractivity contribution is 5.02. The summed E-state index contributed by atoms with van der Waals surface area (Å²) in [6.45, 7) is 5.93. The molecule has 0 N–H and O–H groups in total. The Morgan fingerprint density at radius 1 is 1.10 bits per heavy atom. The van der Waals surface area contributed by atoms with E-state index in [2.05, 4.69) is 38.2 Å². The minimum Gasteiger partial charge on any atom is -0.0846 e. The molecule has 0 amide bonds. The highest BCUT2D eigenvalue weighted by Gasteiger charge is 1.70. The lowest BCUT2D eigenvalue weighted by atomic mass is 10.3. The predicted molar refractivity (Wildman–Crippen MR) is 47.8 cm³/mol. The summed E-state index contributed by atoms with van der Waals surface area (Å²) in [7, 11) is 0. The molecule has 0 aromatic heterocycles. The summed E-state index contributed by atoms with van der Waals surface area (Å²) in [4.78, 5) is 0. The van der Waals surface area contributed by atoms with E-state index in [9.17, 15) is 0 Å². The zero-order chi connectivity index (χ0) is 7.66.